The number of amides is 1. The van der Waals surface area contributed by atoms with Gasteiger partial charge in [0.1, 0.15) is 11.6 Å². The van der Waals surface area contributed by atoms with Gasteiger partial charge in [-0.3, -0.25) is 10.0 Å². The average Bonchev–Trinajstić information content (AvgIpc) is 3.19. The fourth-order valence-corrected chi connectivity index (χ4v) is 3.68. The fourth-order valence-electron chi connectivity index (χ4n) is 3.68. The Hall–Kier alpha value is -3.85. The van der Waals surface area contributed by atoms with Crippen molar-refractivity contribution >= 4 is 23.1 Å². The predicted molar refractivity (Wildman–Crippen MR) is 118 cm³/mol. The lowest BCUT2D eigenvalue weighted by atomic mass is 9.95. The molecule has 170 valence electrons. The Balaban J connectivity index is 1.67. The zero-order valence-corrected chi connectivity index (χ0v) is 17.5. The third-order valence-corrected chi connectivity index (χ3v) is 5.11. The summed E-state index contributed by atoms with van der Waals surface area (Å²) in [6.45, 7) is 2.21. The van der Waals surface area contributed by atoms with Gasteiger partial charge in [-0.2, -0.15) is 13.2 Å². The first-order chi connectivity index (χ1) is 15.8. The number of rotatable bonds is 5. The van der Waals surface area contributed by atoms with E-state index in [4.69, 9.17) is 9.94 Å². The molecule has 0 bridgehead atoms. The maximum atomic E-state index is 13.9. The van der Waals surface area contributed by atoms with E-state index in [-0.39, 0.29) is 16.8 Å². The van der Waals surface area contributed by atoms with Crippen molar-refractivity contribution < 1.29 is 27.9 Å². The number of halogens is 3. The molecule has 0 radical (unpaired) electrons. The Bertz CT molecular complexity index is 1240. The van der Waals surface area contributed by atoms with Gasteiger partial charge in [-0.15, -0.1) is 0 Å². The van der Waals surface area contributed by atoms with Crippen LogP contribution in [-0.4, -0.2) is 23.6 Å². The molecule has 0 saturated heterocycles. The zero-order valence-electron chi connectivity index (χ0n) is 17.5. The standard InChI is InChI=1S/C24H20F3N3O3/c1-2-33-18-8-4-5-14(10-18)19-11-16-12-22(29-21(16)13-20(19)24(25,26)27)28-17-7-3-6-15(9-17)23(31)30-32/h3-11,13,32H,2,12H2,1H3,(H,28,29)(H,30,31). The Morgan fingerprint density at radius 3 is 2.64 bits per heavy atom. The van der Waals surface area contributed by atoms with E-state index in [1.54, 1.807) is 48.8 Å². The van der Waals surface area contributed by atoms with E-state index >= 15 is 0 Å². The van der Waals surface area contributed by atoms with Gasteiger partial charge in [-0.1, -0.05) is 18.2 Å². The summed E-state index contributed by atoms with van der Waals surface area (Å²) in [5.74, 6) is 0.262. The molecule has 0 aliphatic carbocycles. The third kappa shape index (κ3) is 4.83. The summed E-state index contributed by atoms with van der Waals surface area (Å²) in [5.41, 5.74) is 2.85. The SMILES string of the molecule is CCOc1cccc(-c2cc3c(cc2C(F)(F)F)N=C(Nc2cccc(C(=O)NO)c2)C3)c1. The molecule has 1 aliphatic heterocycles. The van der Waals surface area contributed by atoms with Crippen molar-refractivity contribution in [3.8, 4) is 16.9 Å². The number of hydrogen-bond acceptors (Lipinski definition) is 5. The smallest absolute Gasteiger partial charge is 0.417 e. The van der Waals surface area contributed by atoms with Crippen molar-refractivity contribution in [1.82, 2.24) is 5.48 Å². The van der Waals surface area contributed by atoms with Crippen LogP contribution in [0, 0.1) is 0 Å². The molecule has 33 heavy (non-hydrogen) atoms. The first-order valence-electron chi connectivity index (χ1n) is 10.1. The number of benzene rings is 3. The first-order valence-corrected chi connectivity index (χ1v) is 10.1. The van der Waals surface area contributed by atoms with Crippen LogP contribution in [0.4, 0.5) is 24.5 Å². The van der Waals surface area contributed by atoms with Crippen LogP contribution in [0.1, 0.15) is 28.4 Å². The Morgan fingerprint density at radius 1 is 1.12 bits per heavy atom. The van der Waals surface area contributed by atoms with E-state index < -0.39 is 17.6 Å². The topological polar surface area (TPSA) is 83.0 Å². The van der Waals surface area contributed by atoms with Crippen LogP contribution < -0.4 is 15.5 Å². The minimum Gasteiger partial charge on any atom is -0.494 e. The molecule has 9 heteroatoms. The van der Waals surface area contributed by atoms with E-state index in [9.17, 15) is 18.0 Å². The van der Waals surface area contributed by atoms with Gasteiger partial charge in [0, 0.05) is 17.7 Å². The molecule has 1 heterocycles. The van der Waals surface area contributed by atoms with E-state index in [0.29, 0.717) is 41.4 Å². The second-order valence-electron chi connectivity index (χ2n) is 7.37. The van der Waals surface area contributed by atoms with E-state index in [1.165, 1.54) is 18.2 Å². The monoisotopic (exact) mass is 455 g/mol. The molecule has 3 aromatic rings. The number of anilines is 1. The number of fused-ring (bicyclic) bond motifs is 1. The molecule has 4 rings (SSSR count). The minimum absolute atomic E-state index is 0.0564. The maximum absolute atomic E-state index is 13.9. The number of amidine groups is 1. The van der Waals surface area contributed by atoms with Crippen molar-refractivity contribution in [2.24, 2.45) is 4.99 Å². The van der Waals surface area contributed by atoms with Crippen LogP contribution in [0.3, 0.4) is 0 Å². The van der Waals surface area contributed by atoms with Gasteiger partial charge in [0.05, 0.1) is 17.9 Å². The Morgan fingerprint density at radius 2 is 1.91 bits per heavy atom. The van der Waals surface area contributed by atoms with Gasteiger partial charge in [0.25, 0.3) is 5.91 Å². The van der Waals surface area contributed by atoms with Gasteiger partial charge in [0.2, 0.25) is 0 Å². The normalized spacial score (nSPS) is 12.7. The van der Waals surface area contributed by atoms with Crippen LogP contribution in [0.15, 0.2) is 65.7 Å². The molecule has 1 aliphatic rings. The lowest BCUT2D eigenvalue weighted by Crippen LogP contribution is -2.19. The summed E-state index contributed by atoms with van der Waals surface area (Å²) in [7, 11) is 0. The zero-order chi connectivity index (χ0) is 23.6. The van der Waals surface area contributed by atoms with Crippen LogP contribution in [0.5, 0.6) is 5.75 Å². The molecule has 0 aromatic heterocycles. The molecule has 0 fully saturated rings. The summed E-state index contributed by atoms with van der Waals surface area (Å²) >= 11 is 0. The van der Waals surface area contributed by atoms with E-state index in [0.717, 1.165) is 6.07 Å². The highest BCUT2D eigenvalue weighted by atomic mass is 19.4. The number of hydrogen-bond donors (Lipinski definition) is 3. The van der Waals surface area contributed by atoms with Gasteiger partial charge in [-0.25, -0.2) is 10.5 Å². The van der Waals surface area contributed by atoms with Crippen LogP contribution in [0.2, 0.25) is 0 Å². The van der Waals surface area contributed by atoms with Crippen molar-refractivity contribution in [3.63, 3.8) is 0 Å². The Labute approximate surface area is 187 Å². The molecule has 3 aromatic carbocycles. The number of aliphatic imine (C=N–C) groups is 1. The highest BCUT2D eigenvalue weighted by Crippen LogP contribution is 2.43. The maximum Gasteiger partial charge on any atom is 0.417 e. The lowest BCUT2D eigenvalue weighted by Gasteiger charge is -2.15. The van der Waals surface area contributed by atoms with Crippen molar-refractivity contribution in [2.75, 3.05) is 11.9 Å². The minimum atomic E-state index is -4.57. The molecule has 0 unspecified atom stereocenters. The summed E-state index contributed by atoms with van der Waals surface area (Å²) in [6.07, 6.45) is -4.27. The highest BCUT2D eigenvalue weighted by molar-refractivity contribution is 6.03. The lowest BCUT2D eigenvalue weighted by molar-refractivity contribution is -0.137. The molecule has 3 N–H and O–H groups in total. The average molecular weight is 455 g/mol. The second kappa shape index (κ2) is 8.95. The molecule has 0 saturated carbocycles. The number of nitrogens with zero attached hydrogens (tertiary/aromatic N) is 1. The van der Waals surface area contributed by atoms with Crippen LogP contribution in [-0.2, 0) is 12.6 Å². The van der Waals surface area contributed by atoms with Gasteiger partial charge < -0.3 is 10.1 Å². The third-order valence-electron chi connectivity index (χ3n) is 5.11. The van der Waals surface area contributed by atoms with E-state index in [1.807, 2.05) is 0 Å². The van der Waals surface area contributed by atoms with Gasteiger partial charge in [0.15, 0.2) is 0 Å². The summed E-state index contributed by atoms with van der Waals surface area (Å²) in [4.78, 5) is 15.9. The first kappa shape index (κ1) is 22.3. The molecule has 6 nitrogen and oxygen atoms in total. The van der Waals surface area contributed by atoms with Crippen molar-refractivity contribution in [1.29, 1.82) is 0 Å². The summed E-state index contributed by atoms with van der Waals surface area (Å²) < 4.78 is 47.1. The van der Waals surface area contributed by atoms with Gasteiger partial charge in [-0.05, 0) is 66.1 Å². The molecular weight excluding hydrogens is 435 g/mol. The molecule has 1 amide bonds. The number of carbonyl (C=O) groups is 1. The summed E-state index contributed by atoms with van der Waals surface area (Å²) in [6, 6.07) is 15.4. The fraction of sp³-hybridized carbons (Fsp3) is 0.167. The second-order valence-corrected chi connectivity index (χ2v) is 7.37. The largest absolute Gasteiger partial charge is 0.494 e. The Kier molecular flexibility index (Phi) is 6.06. The van der Waals surface area contributed by atoms with Crippen molar-refractivity contribution in [2.45, 2.75) is 19.5 Å². The number of ether oxygens (including phenoxy) is 1. The number of carbonyl (C=O) groups excluding carboxylic acids is 1. The molecule has 0 spiro atoms. The van der Waals surface area contributed by atoms with E-state index in [2.05, 4.69) is 10.3 Å². The quantitative estimate of drug-likeness (QED) is 0.346. The van der Waals surface area contributed by atoms with Crippen LogP contribution in [0.25, 0.3) is 11.1 Å². The highest BCUT2D eigenvalue weighted by Gasteiger charge is 2.35. The van der Waals surface area contributed by atoms with Crippen LogP contribution >= 0.6 is 0 Å². The molecular formula is C24H20F3N3O3. The summed E-state index contributed by atoms with van der Waals surface area (Å²) in [5, 5.41) is 11.8. The van der Waals surface area contributed by atoms with Gasteiger partial charge >= 0.3 is 6.18 Å². The predicted octanol–water partition coefficient (Wildman–Crippen LogP) is 5.59. The number of alkyl halides is 3. The number of nitrogens with one attached hydrogen (secondary N) is 2. The molecule has 0 atom stereocenters. The van der Waals surface area contributed by atoms with Crippen molar-refractivity contribution in [3.05, 3.63) is 77.4 Å². The number of hydroxylamine groups is 1.